The molecule has 0 fully saturated rings. The third kappa shape index (κ3) is 3.34. The summed E-state index contributed by atoms with van der Waals surface area (Å²) in [5.41, 5.74) is 9.08. The normalized spacial score (nSPS) is 10.8. The molecule has 0 radical (unpaired) electrons. The van der Waals surface area contributed by atoms with Crippen molar-refractivity contribution >= 4 is 33.2 Å². The Hall–Kier alpha value is -1.78. The minimum Gasteiger partial charge on any atom is -0.398 e. The summed E-state index contributed by atoms with van der Waals surface area (Å²) in [5, 5.41) is 0.712. The highest BCUT2D eigenvalue weighted by Crippen LogP contribution is 2.24. The number of halogens is 2. The summed E-state index contributed by atoms with van der Waals surface area (Å²) in [7, 11) is 0. The van der Waals surface area contributed by atoms with Gasteiger partial charge in [-0.05, 0) is 45.3 Å². The van der Waals surface area contributed by atoms with Crippen LogP contribution in [0.3, 0.4) is 0 Å². The Morgan fingerprint density at radius 1 is 1.18 bits per heavy atom. The molecular formula is C17H15BrClN3. The van der Waals surface area contributed by atoms with E-state index in [1.54, 1.807) is 0 Å². The Kier molecular flexibility index (Phi) is 4.50. The van der Waals surface area contributed by atoms with Gasteiger partial charge in [0.1, 0.15) is 5.82 Å². The van der Waals surface area contributed by atoms with Gasteiger partial charge in [0.25, 0.3) is 0 Å². The van der Waals surface area contributed by atoms with Gasteiger partial charge in [0.05, 0.1) is 11.6 Å². The highest BCUT2D eigenvalue weighted by Gasteiger charge is 2.08. The molecule has 3 nitrogen and oxygen atoms in total. The van der Waals surface area contributed by atoms with Crippen LogP contribution in [0.5, 0.6) is 0 Å². The van der Waals surface area contributed by atoms with Crippen molar-refractivity contribution in [3.63, 3.8) is 0 Å². The van der Waals surface area contributed by atoms with Crippen LogP contribution in [0.1, 0.15) is 17.0 Å². The molecule has 0 unspecified atom stereocenters. The van der Waals surface area contributed by atoms with Crippen molar-refractivity contribution in [2.45, 2.75) is 13.0 Å². The van der Waals surface area contributed by atoms with Crippen LogP contribution in [0.4, 0.5) is 5.69 Å². The second-order valence-corrected chi connectivity index (χ2v) is 6.36. The number of aromatic nitrogens is 2. The van der Waals surface area contributed by atoms with E-state index in [4.69, 9.17) is 17.3 Å². The van der Waals surface area contributed by atoms with Crippen molar-refractivity contribution in [2.24, 2.45) is 0 Å². The van der Waals surface area contributed by atoms with E-state index >= 15 is 0 Å². The van der Waals surface area contributed by atoms with Crippen molar-refractivity contribution < 1.29 is 0 Å². The number of nitrogens with two attached hydrogens (primary N) is 1. The van der Waals surface area contributed by atoms with Crippen LogP contribution in [0.25, 0.3) is 0 Å². The van der Waals surface area contributed by atoms with E-state index in [1.807, 2.05) is 54.9 Å². The standard InChI is InChI=1S/C17H15BrClN3/c18-14-9-12(5-6-15(14)19)10-17-21-7-8-22(17)11-13-3-1-2-4-16(13)20/h1-9H,10-11,20H2. The fourth-order valence-corrected chi connectivity index (χ4v) is 2.89. The van der Waals surface area contributed by atoms with Crippen LogP contribution in [0.15, 0.2) is 59.3 Å². The van der Waals surface area contributed by atoms with E-state index in [0.717, 1.165) is 40.1 Å². The first kappa shape index (κ1) is 15.1. The summed E-state index contributed by atoms with van der Waals surface area (Å²) >= 11 is 9.49. The van der Waals surface area contributed by atoms with Crippen molar-refractivity contribution in [1.29, 1.82) is 0 Å². The molecule has 2 aromatic carbocycles. The molecule has 0 bridgehead atoms. The molecule has 0 spiro atoms. The molecule has 112 valence electrons. The van der Waals surface area contributed by atoms with E-state index in [0.29, 0.717) is 5.02 Å². The van der Waals surface area contributed by atoms with E-state index in [9.17, 15) is 0 Å². The van der Waals surface area contributed by atoms with Crippen LogP contribution >= 0.6 is 27.5 Å². The Morgan fingerprint density at radius 2 is 2.00 bits per heavy atom. The molecule has 1 heterocycles. The molecule has 0 aliphatic rings. The Bertz CT molecular complexity index is 798. The summed E-state index contributed by atoms with van der Waals surface area (Å²) in [5.74, 6) is 0.998. The fraction of sp³-hybridized carbons (Fsp3) is 0.118. The Morgan fingerprint density at radius 3 is 2.77 bits per heavy atom. The van der Waals surface area contributed by atoms with Crippen molar-refractivity contribution in [3.05, 3.63) is 81.3 Å². The predicted octanol–water partition coefficient (Wildman–Crippen LogP) is 4.52. The van der Waals surface area contributed by atoms with E-state index < -0.39 is 0 Å². The first-order valence-electron chi connectivity index (χ1n) is 6.91. The van der Waals surface area contributed by atoms with Gasteiger partial charge in [-0.15, -0.1) is 0 Å². The van der Waals surface area contributed by atoms with Gasteiger partial charge in [-0.2, -0.15) is 0 Å². The maximum atomic E-state index is 6.04. The summed E-state index contributed by atoms with van der Waals surface area (Å²) in [4.78, 5) is 4.46. The van der Waals surface area contributed by atoms with Gasteiger partial charge in [-0.25, -0.2) is 4.98 Å². The number of benzene rings is 2. The number of imidazole rings is 1. The van der Waals surface area contributed by atoms with Crippen LogP contribution in [-0.2, 0) is 13.0 Å². The van der Waals surface area contributed by atoms with Gasteiger partial charge in [-0.1, -0.05) is 35.9 Å². The lowest BCUT2D eigenvalue weighted by molar-refractivity contribution is 0.742. The first-order chi connectivity index (χ1) is 10.6. The van der Waals surface area contributed by atoms with Crippen LogP contribution in [0.2, 0.25) is 5.02 Å². The minimum atomic E-state index is 0.712. The van der Waals surface area contributed by atoms with E-state index in [-0.39, 0.29) is 0 Å². The molecule has 1 aromatic heterocycles. The summed E-state index contributed by atoms with van der Waals surface area (Å²) in [6.45, 7) is 0.719. The van der Waals surface area contributed by atoms with Gasteiger partial charge in [0, 0.05) is 29.0 Å². The topological polar surface area (TPSA) is 43.8 Å². The predicted molar refractivity (Wildman–Crippen MR) is 94.1 cm³/mol. The number of hydrogen-bond acceptors (Lipinski definition) is 2. The van der Waals surface area contributed by atoms with Crippen molar-refractivity contribution in [2.75, 3.05) is 5.73 Å². The number of nitrogen functional groups attached to an aromatic ring is 1. The van der Waals surface area contributed by atoms with Crippen molar-refractivity contribution in [3.8, 4) is 0 Å². The van der Waals surface area contributed by atoms with Gasteiger partial charge in [0.2, 0.25) is 0 Å². The van der Waals surface area contributed by atoms with Crippen LogP contribution < -0.4 is 5.73 Å². The highest BCUT2D eigenvalue weighted by molar-refractivity contribution is 9.10. The SMILES string of the molecule is Nc1ccccc1Cn1ccnc1Cc1ccc(Cl)c(Br)c1. The quantitative estimate of drug-likeness (QED) is 0.680. The number of anilines is 1. The lowest BCUT2D eigenvalue weighted by atomic mass is 10.1. The lowest BCUT2D eigenvalue weighted by Crippen LogP contribution is -2.07. The Labute approximate surface area is 142 Å². The second-order valence-electron chi connectivity index (χ2n) is 5.10. The number of nitrogens with zero attached hydrogens (tertiary/aromatic N) is 2. The molecule has 3 aromatic rings. The fourth-order valence-electron chi connectivity index (χ4n) is 2.35. The molecule has 0 saturated heterocycles. The summed E-state index contributed by atoms with van der Waals surface area (Å²) in [6, 6.07) is 13.8. The Balaban J connectivity index is 1.83. The van der Waals surface area contributed by atoms with Gasteiger partial charge >= 0.3 is 0 Å². The largest absolute Gasteiger partial charge is 0.398 e. The maximum Gasteiger partial charge on any atom is 0.113 e. The van der Waals surface area contributed by atoms with E-state index in [1.165, 1.54) is 0 Å². The monoisotopic (exact) mass is 375 g/mol. The smallest absolute Gasteiger partial charge is 0.113 e. The molecule has 0 saturated carbocycles. The second kappa shape index (κ2) is 6.55. The summed E-state index contributed by atoms with van der Waals surface area (Å²) in [6.07, 6.45) is 4.54. The molecule has 0 aliphatic carbocycles. The first-order valence-corrected chi connectivity index (χ1v) is 8.08. The molecule has 22 heavy (non-hydrogen) atoms. The zero-order valence-corrected chi connectivity index (χ0v) is 14.2. The number of rotatable bonds is 4. The maximum absolute atomic E-state index is 6.04. The molecular weight excluding hydrogens is 362 g/mol. The average molecular weight is 377 g/mol. The molecule has 0 aliphatic heterocycles. The van der Waals surface area contributed by atoms with Crippen LogP contribution in [0, 0.1) is 0 Å². The zero-order valence-electron chi connectivity index (χ0n) is 11.8. The molecule has 5 heteroatoms. The van der Waals surface area contributed by atoms with Crippen molar-refractivity contribution in [1.82, 2.24) is 9.55 Å². The van der Waals surface area contributed by atoms with Crippen LogP contribution in [-0.4, -0.2) is 9.55 Å². The third-order valence-electron chi connectivity index (χ3n) is 3.54. The average Bonchev–Trinajstić information content (AvgIpc) is 2.92. The van der Waals surface area contributed by atoms with Gasteiger partial charge in [0.15, 0.2) is 0 Å². The molecule has 0 atom stereocenters. The highest BCUT2D eigenvalue weighted by atomic mass is 79.9. The number of hydrogen-bond donors (Lipinski definition) is 1. The third-order valence-corrected chi connectivity index (χ3v) is 4.76. The molecule has 0 amide bonds. The van der Waals surface area contributed by atoms with Gasteiger partial charge in [-0.3, -0.25) is 0 Å². The zero-order chi connectivity index (χ0) is 15.5. The lowest BCUT2D eigenvalue weighted by Gasteiger charge is -2.10. The number of para-hydroxylation sites is 1. The van der Waals surface area contributed by atoms with E-state index in [2.05, 4.69) is 25.5 Å². The molecule has 3 rings (SSSR count). The minimum absolute atomic E-state index is 0.712. The summed E-state index contributed by atoms with van der Waals surface area (Å²) < 4.78 is 3.02. The molecule has 2 N–H and O–H groups in total. The van der Waals surface area contributed by atoms with Gasteiger partial charge < -0.3 is 10.3 Å².